The molecule has 0 saturated heterocycles. The smallest absolute Gasteiger partial charge is 0.149 e. The highest BCUT2D eigenvalue weighted by Crippen LogP contribution is 2.41. The third kappa shape index (κ3) is 4.50. The zero-order chi connectivity index (χ0) is 28.2. The fraction of sp³-hybridized carbons (Fsp3) is 0.250. The second-order valence-electron chi connectivity index (χ2n) is 12.5. The first-order valence-corrected chi connectivity index (χ1v) is 17.9. The molecule has 0 radical (unpaired) electrons. The quantitative estimate of drug-likeness (QED) is 0.196. The van der Waals surface area contributed by atoms with Crippen LogP contribution in [-0.2, 0) is 0 Å². The van der Waals surface area contributed by atoms with Crippen molar-refractivity contribution >= 4 is 35.3 Å². The van der Waals surface area contributed by atoms with Gasteiger partial charge >= 0.3 is 0 Å². The third-order valence-electron chi connectivity index (χ3n) is 7.98. The Morgan fingerprint density at radius 2 is 1.38 bits per heavy atom. The Kier molecular flexibility index (Phi) is 6.54. The lowest BCUT2D eigenvalue weighted by Crippen LogP contribution is -2.37. The van der Waals surface area contributed by atoms with Gasteiger partial charge in [-0.25, -0.2) is 4.98 Å². The van der Waals surface area contributed by atoms with Crippen LogP contribution < -0.4 is 5.19 Å². The van der Waals surface area contributed by atoms with Crippen LogP contribution in [0.5, 0.6) is 0 Å². The minimum atomic E-state index is -1.51. The Bertz CT molecular complexity index is 1810. The molecule has 0 saturated carbocycles. The van der Waals surface area contributed by atoms with Gasteiger partial charge < -0.3 is 4.42 Å². The van der Waals surface area contributed by atoms with Gasteiger partial charge in [0, 0.05) is 5.39 Å². The van der Waals surface area contributed by atoms with Crippen LogP contribution in [0.3, 0.4) is 0 Å². The summed E-state index contributed by atoms with van der Waals surface area (Å²) in [6, 6.07) is 30.7. The van der Waals surface area contributed by atoms with Gasteiger partial charge in [0.25, 0.3) is 0 Å². The van der Waals surface area contributed by atoms with Crippen LogP contribution in [0.1, 0.15) is 50.7 Å². The van der Waals surface area contributed by atoms with Gasteiger partial charge in [-0.05, 0) is 64.4 Å². The van der Waals surface area contributed by atoms with Gasteiger partial charge in [0.15, 0.2) is 0 Å². The Hall–Kier alpha value is -3.89. The van der Waals surface area contributed by atoms with Crippen molar-refractivity contribution in [3.05, 3.63) is 102 Å². The highest BCUT2D eigenvalue weighted by molar-refractivity contribution is 6.88. The van der Waals surface area contributed by atoms with Crippen LogP contribution in [0, 0.1) is 0 Å². The van der Waals surface area contributed by atoms with Crippen molar-refractivity contribution in [2.24, 2.45) is 0 Å². The lowest BCUT2D eigenvalue weighted by atomic mass is 9.88. The molecule has 4 aromatic carbocycles. The molecule has 0 aliphatic rings. The molecule has 6 aromatic rings. The summed E-state index contributed by atoms with van der Waals surface area (Å²) in [5, 5.41) is 2.55. The molecule has 2 aromatic heterocycles. The van der Waals surface area contributed by atoms with Crippen LogP contribution in [0.2, 0.25) is 19.6 Å². The second-order valence-corrected chi connectivity index (χ2v) is 17.6. The van der Waals surface area contributed by atoms with Crippen LogP contribution in [0.4, 0.5) is 0 Å². The molecule has 0 amide bonds. The van der Waals surface area contributed by atoms with E-state index in [1.807, 2.05) is 6.26 Å². The molecular formula is C36H38N2OSi. The molecular weight excluding hydrogens is 504 g/mol. The predicted molar refractivity (Wildman–Crippen MR) is 173 cm³/mol. The van der Waals surface area contributed by atoms with E-state index in [1.165, 1.54) is 33.1 Å². The van der Waals surface area contributed by atoms with E-state index >= 15 is 0 Å². The van der Waals surface area contributed by atoms with E-state index in [0.29, 0.717) is 11.8 Å². The van der Waals surface area contributed by atoms with Crippen LogP contribution >= 0.6 is 0 Å². The third-order valence-corrected chi connectivity index (χ3v) is 10.0. The number of furan rings is 1. The summed E-state index contributed by atoms with van der Waals surface area (Å²) in [7, 11) is -1.51. The minimum Gasteiger partial charge on any atom is -0.464 e. The van der Waals surface area contributed by atoms with Crippen LogP contribution in [0.25, 0.3) is 50.2 Å². The fourth-order valence-corrected chi connectivity index (χ4v) is 6.88. The molecule has 0 aliphatic carbocycles. The van der Waals surface area contributed by atoms with Crippen molar-refractivity contribution in [3.63, 3.8) is 0 Å². The molecule has 3 nitrogen and oxygen atoms in total. The Labute approximate surface area is 238 Å². The molecule has 0 fully saturated rings. The summed E-state index contributed by atoms with van der Waals surface area (Å²) < 4.78 is 8.56. The highest BCUT2D eigenvalue weighted by atomic mass is 28.3. The molecule has 0 bridgehead atoms. The van der Waals surface area contributed by atoms with E-state index in [0.717, 1.165) is 33.4 Å². The number of para-hydroxylation sites is 2. The summed E-state index contributed by atoms with van der Waals surface area (Å²) in [6.45, 7) is 16.4. The number of hydrogen-bond donors (Lipinski definition) is 0. The monoisotopic (exact) mass is 542 g/mol. The Balaban J connectivity index is 1.70. The maximum atomic E-state index is 6.15. The van der Waals surface area contributed by atoms with Gasteiger partial charge in [-0.3, -0.25) is 4.57 Å². The zero-order valence-corrected chi connectivity index (χ0v) is 25.6. The van der Waals surface area contributed by atoms with Crippen molar-refractivity contribution in [1.82, 2.24) is 9.55 Å². The fourth-order valence-electron chi connectivity index (χ4n) is 5.72. The number of hydrogen-bond acceptors (Lipinski definition) is 2. The van der Waals surface area contributed by atoms with E-state index in [4.69, 9.17) is 9.40 Å². The van der Waals surface area contributed by atoms with Gasteiger partial charge in [-0.2, -0.15) is 0 Å². The number of nitrogens with zero attached hydrogens (tertiary/aromatic N) is 2. The SMILES string of the molecule is CC(C)c1cc(-c2ccccc2)cc(C(C)C)c1-n1c(-c2coc3ccc([Si](C)(C)C)cc23)nc2ccccc21. The van der Waals surface area contributed by atoms with Crippen LogP contribution in [0.15, 0.2) is 95.6 Å². The molecule has 0 N–H and O–H groups in total. The molecule has 4 heteroatoms. The predicted octanol–water partition coefficient (Wildman–Crippen LogP) is 9.90. The number of rotatable bonds is 6. The van der Waals surface area contributed by atoms with Crippen molar-refractivity contribution in [1.29, 1.82) is 0 Å². The van der Waals surface area contributed by atoms with E-state index in [9.17, 15) is 0 Å². The van der Waals surface area contributed by atoms with Gasteiger partial charge in [-0.1, -0.05) is 107 Å². The van der Waals surface area contributed by atoms with Crippen molar-refractivity contribution in [2.45, 2.75) is 59.2 Å². The van der Waals surface area contributed by atoms with Crippen molar-refractivity contribution in [3.8, 4) is 28.2 Å². The van der Waals surface area contributed by atoms with Crippen molar-refractivity contribution in [2.75, 3.05) is 0 Å². The van der Waals surface area contributed by atoms with Gasteiger partial charge in [0.2, 0.25) is 0 Å². The number of benzene rings is 4. The molecule has 0 spiro atoms. The second kappa shape index (κ2) is 9.94. The van der Waals surface area contributed by atoms with E-state index in [2.05, 4.69) is 137 Å². The van der Waals surface area contributed by atoms with E-state index in [-0.39, 0.29) is 0 Å². The van der Waals surface area contributed by atoms with Gasteiger partial charge in [-0.15, -0.1) is 0 Å². The first-order chi connectivity index (χ1) is 19.1. The van der Waals surface area contributed by atoms with Gasteiger partial charge in [0.05, 0.1) is 30.4 Å². The Morgan fingerprint density at radius 1 is 0.725 bits per heavy atom. The first-order valence-electron chi connectivity index (χ1n) is 14.4. The molecule has 6 rings (SSSR count). The van der Waals surface area contributed by atoms with E-state index < -0.39 is 8.07 Å². The summed E-state index contributed by atoms with van der Waals surface area (Å²) in [5.41, 5.74) is 10.4. The minimum absolute atomic E-state index is 0.324. The molecule has 0 atom stereocenters. The maximum Gasteiger partial charge on any atom is 0.149 e. The Morgan fingerprint density at radius 3 is 2.02 bits per heavy atom. The highest BCUT2D eigenvalue weighted by Gasteiger charge is 2.26. The summed E-state index contributed by atoms with van der Waals surface area (Å²) >= 11 is 0. The molecule has 0 aliphatic heterocycles. The molecule has 2 heterocycles. The standard InChI is InChI=1S/C36H38N2OSi/c1-23(2)28-19-26(25-13-9-8-10-14-25)20-29(24(3)4)35(28)38-33-16-12-11-15-32(33)37-36(38)31-22-39-34-18-17-27(21-30(31)34)40(5,6)7/h8-24H,1-7H3. The molecule has 202 valence electrons. The average Bonchev–Trinajstić information content (AvgIpc) is 3.53. The zero-order valence-electron chi connectivity index (χ0n) is 24.6. The molecule has 40 heavy (non-hydrogen) atoms. The summed E-state index contributed by atoms with van der Waals surface area (Å²) in [4.78, 5) is 5.27. The summed E-state index contributed by atoms with van der Waals surface area (Å²) in [5.74, 6) is 1.58. The molecule has 0 unspecified atom stereocenters. The number of aromatic nitrogens is 2. The first kappa shape index (κ1) is 26.3. The lowest BCUT2D eigenvalue weighted by molar-refractivity contribution is 0.616. The topological polar surface area (TPSA) is 31.0 Å². The lowest BCUT2D eigenvalue weighted by Gasteiger charge is -2.24. The average molecular weight is 543 g/mol. The maximum absolute atomic E-state index is 6.15. The largest absolute Gasteiger partial charge is 0.464 e. The van der Waals surface area contributed by atoms with Gasteiger partial charge in [0.1, 0.15) is 17.7 Å². The number of fused-ring (bicyclic) bond motifs is 2. The van der Waals surface area contributed by atoms with E-state index in [1.54, 1.807) is 0 Å². The number of imidazole rings is 1. The summed E-state index contributed by atoms with van der Waals surface area (Å²) in [6.07, 6.45) is 1.90. The normalized spacial score (nSPS) is 12.3. The van der Waals surface area contributed by atoms with Crippen molar-refractivity contribution < 1.29 is 4.42 Å². The van der Waals surface area contributed by atoms with Crippen LogP contribution in [-0.4, -0.2) is 17.6 Å².